The van der Waals surface area contributed by atoms with Crippen LogP contribution in [0.25, 0.3) is 11.4 Å². The van der Waals surface area contributed by atoms with Crippen molar-refractivity contribution in [2.75, 3.05) is 0 Å². The van der Waals surface area contributed by atoms with Crippen LogP contribution in [0.4, 0.5) is 0 Å². The minimum Gasteiger partial charge on any atom is -0.457 e. The van der Waals surface area contributed by atoms with Crippen LogP contribution in [-0.2, 0) is 6.54 Å². The summed E-state index contributed by atoms with van der Waals surface area (Å²) in [6.45, 7) is 0.558. The Morgan fingerprint density at radius 1 is 0.926 bits per heavy atom. The van der Waals surface area contributed by atoms with Crippen LogP contribution in [0.3, 0.4) is 0 Å². The van der Waals surface area contributed by atoms with Crippen LogP contribution in [-0.4, -0.2) is 14.8 Å². The van der Waals surface area contributed by atoms with Crippen molar-refractivity contribution in [1.82, 2.24) is 14.8 Å². The van der Waals surface area contributed by atoms with Crippen molar-refractivity contribution in [2.24, 2.45) is 0 Å². The summed E-state index contributed by atoms with van der Waals surface area (Å²) < 4.78 is 8.19. The van der Waals surface area contributed by atoms with E-state index in [9.17, 15) is 0 Å². The zero-order valence-corrected chi connectivity index (χ0v) is 15.9. The Morgan fingerprint density at radius 2 is 1.67 bits per heavy atom. The zero-order valence-electron chi connectivity index (χ0n) is 14.3. The second-order valence-electron chi connectivity index (χ2n) is 5.98. The van der Waals surface area contributed by atoms with Gasteiger partial charge in [0.05, 0.1) is 11.6 Å². The van der Waals surface area contributed by atoms with Gasteiger partial charge in [0, 0.05) is 5.56 Å². The van der Waals surface area contributed by atoms with Gasteiger partial charge in [-0.25, -0.2) is 0 Å². The second-order valence-corrected chi connectivity index (χ2v) is 6.76. The number of rotatable bonds is 5. The molecule has 0 unspecified atom stereocenters. The summed E-state index contributed by atoms with van der Waals surface area (Å²) >= 11 is 11.7. The average Bonchev–Trinajstić information content (AvgIpc) is 3.03. The van der Waals surface area contributed by atoms with E-state index < -0.39 is 0 Å². The largest absolute Gasteiger partial charge is 0.457 e. The molecule has 0 saturated heterocycles. The fourth-order valence-electron chi connectivity index (χ4n) is 2.75. The lowest BCUT2D eigenvalue weighted by atomic mass is 10.2. The maximum atomic E-state index is 6.26. The third kappa shape index (κ3) is 4.10. The summed E-state index contributed by atoms with van der Waals surface area (Å²) in [5.41, 5.74) is 1.87. The molecule has 134 valence electrons. The van der Waals surface area contributed by atoms with Gasteiger partial charge in [-0.3, -0.25) is 9.78 Å². The molecule has 0 bridgehead atoms. The number of para-hydroxylation sites is 1. The number of benzene rings is 3. The minimum atomic E-state index is 0.472. The number of hydrogen-bond acceptors (Lipinski definition) is 3. The lowest BCUT2D eigenvalue weighted by Gasteiger charge is -2.08. The van der Waals surface area contributed by atoms with Gasteiger partial charge in [-0.15, -0.1) is 0 Å². The first-order valence-corrected chi connectivity index (χ1v) is 9.21. The van der Waals surface area contributed by atoms with E-state index in [1.165, 1.54) is 0 Å². The standard InChI is InChI=1S/C21H16ClN3OS/c22-19-12-5-4-11-18(19)20-23-21(27)25(24-20)14-15-7-6-10-17(13-15)26-16-8-2-1-3-9-16/h1-13H,14H2,(H,23,24,27). The number of hydrogen-bond donors (Lipinski definition) is 1. The Morgan fingerprint density at radius 3 is 2.48 bits per heavy atom. The van der Waals surface area contributed by atoms with E-state index in [4.69, 9.17) is 28.6 Å². The predicted octanol–water partition coefficient (Wildman–Crippen LogP) is 6.10. The van der Waals surface area contributed by atoms with Crippen LogP contribution in [0.15, 0.2) is 78.9 Å². The molecule has 1 heterocycles. The molecule has 6 heteroatoms. The van der Waals surface area contributed by atoms with E-state index in [1.54, 1.807) is 0 Å². The third-order valence-corrected chi connectivity index (χ3v) is 4.67. The van der Waals surface area contributed by atoms with Gasteiger partial charge >= 0.3 is 0 Å². The van der Waals surface area contributed by atoms with Gasteiger partial charge in [0.1, 0.15) is 11.5 Å². The van der Waals surface area contributed by atoms with E-state index in [-0.39, 0.29) is 0 Å². The normalized spacial score (nSPS) is 10.7. The molecule has 4 aromatic rings. The van der Waals surface area contributed by atoms with Crippen LogP contribution < -0.4 is 4.74 Å². The van der Waals surface area contributed by atoms with Crippen LogP contribution in [0, 0.1) is 4.77 Å². The minimum absolute atomic E-state index is 0.472. The fraction of sp³-hybridized carbons (Fsp3) is 0.0476. The summed E-state index contributed by atoms with van der Waals surface area (Å²) in [7, 11) is 0. The molecule has 0 atom stereocenters. The number of aromatic amines is 1. The molecule has 0 aliphatic carbocycles. The summed E-state index contributed by atoms with van der Waals surface area (Å²) in [6.07, 6.45) is 0. The zero-order chi connectivity index (χ0) is 18.6. The van der Waals surface area contributed by atoms with Gasteiger partial charge < -0.3 is 4.74 Å². The van der Waals surface area contributed by atoms with Crippen LogP contribution in [0.5, 0.6) is 11.5 Å². The summed E-state index contributed by atoms with van der Waals surface area (Å²) in [5, 5.41) is 3.86. The number of ether oxygens (including phenoxy) is 1. The molecule has 0 aliphatic rings. The maximum Gasteiger partial charge on any atom is 0.216 e. The maximum absolute atomic E-state index is 6.26. The molecule has 27 heavy (non-hydrogen) atoms. The quantitative estimate of drug-likeness (QED) is 0.416. The van der Waals surface area contributed by atoms with Gasteiger partial charge in [0.15, 0.2) is 5.82 Å². The highest BCUT2D eigenvalue weighted by atomic mass is 35.5. The van der Waals surface area contributed by atoms with E-state index >= 15 is 0 Å². The van der Waals surface area contributed by atoms with Crippen LogP contribution in [0.1, 0.15) is 5.56 Å². The van der Waals surface area contributed by atoms with Gasteiger partial charge in [0.25, 0.3) is 0 Å². The molecular weight excluding hydrogens is 378 g/mol. The molecule has 1 aromatic heterocycles. The summed E-state index contributed by atoms with van der Waals surface area (Å²) in [4.78, 5) is 4.43. The molecule has 0 amide bonds. The molecule has 0 saturated carbocycles. The van der Waals surface area contributed by atoms with Crippen molar-refractivity contribution in [3.63, 3.8) is 0 Å². The molecule has 4 nitrogen and oxygen atoms in total. The van der Waals surface area contributed by atoms with Crippen molar-refractivity contribution in [2.45, 2.75) is 6.54 Å². The highest BCUT2D eigenvalue weighted by Gasteiger charge is 2.09. The number of nitrogens with zero attached hydrogens (tertiary/aromatic N) is 2. The summed E-state index contributed by atoms with van der Waals surface area (Å²) in [5.74, 6) is 2.23. The molecule has 3 aromatic carbocycles. The second kappa shape index (κ2) is 7.78. The van der Waals surface area contributed by atoms with Crippen molar-refractivity contribution in [3.05, 3.63) is 94.2 Å². The van der Waals surface area contributed by atoms with Crippen LogP contribution in [0.2, 0.25) is 5.02 Å². The van der Waals surface area contributed by atoms with Gasteiger partial charge in [0.2, 0.25) is 4.77 Å². The molecule has 0 radical (unpaired) electrons. The Hall–Kier alpha value is -2.89. The van der Waals surface area contributed by atoms with Crippen LogP contribution >= 0.6 is 23.8 Å². The van der Waals surface area contributed by atoms with Gasteiger partial charge in [-0.2, -0.15) is 4.98 Å². The number of aromatic nitrogens is 3. The lowest BCUT2D eigenvalue weighted by molar-refractivity contribution is 0.481. The monoisotopic (exact) mass is 393 g/mol. The van der Waals surface area contributed by atoms with Crippen molar-refractivity contribution < 1.29 is 4.74 Å². The number of nitrogens with one attached hydrogen (secondary N) is 1. The van der Waals surface area contributed by atoms with E-state index in [1.807, 2.05) is 83.5 Å². The summed E-state index contributed by atoms with van der Waals surface area (Å²) in [6, 6.07) is 25.1. The fourth-order valence-corrected chi connectivity index (χ4v) is 3.18. The first kappa shape index (κ1) is 17.5. The van der Waals surface area contributed by atoms with Crippen molar-refractivity contribution in [3.8, 4) is 22.9 Å². The smallest absolute Gasteiger partial charge is 0.216 e. The average molecular weight is 394 g/mol. The predicted molar refractivity (Wildman–Crippen MR) is 110 cm³/mol. The van der Waals surface area contributed by atoms with E-state index in [0.29, 0.717) is 22.2 Å². The lowest BCUT2D eigenvalue weighted by Crippen LogP contribution is -2.02. The molecule has 4 rings (SSSR count). The SMILES string of the molecule is S=c1nc(-c2ccccc2Cl)[nH]n1Cc1cccc(Oc2ccccc2)c1. The third-order valence-electron chi connectivity index (χ3n) is 4.03. The van der Waals surface area contributed by atoms with E-state index in [0.717, 1.165) is 22.6 Å². The van der Waals surface area contributed by atoms with E-state index in [2.05, 4.69) is 10.1 Å². The molecular formula is C21H16ClN3OS. The topological polar surface area (TPSA) is 42.8 Å². The Bertz CT molecular complexity index is 1120. The first-order valence-electron chi connectivity index (χ1n) is 8.42. The van der Waals surface area contributed by atoms with Gasteiger partial charge in [-0.1, -0.05) is 54.1 Å². The number of H-pyrrole nitrogens is 1. The molecule has 0 fully saturated rings. The Balaban J connectivity index is 1.57. The highest BCUT2D eigenvalue weighted by molar-refractivity contribution is 7.71. The van der Waals surface area contributed by atoms with Gasteiger partial charge in [-0.05, 0) is 54.2 Å². The Labute approximate surface area is 167 Å². The van der Waals surface area contributed by atoms with Crippen molar-refractivity contribution >= 4 is 23.8 Å². The van der Waals surface area contributed by atoms with Crippen molar-refractivity contribution in [1.29, 1.82) is 0 Å². The molecule has 1 N–H and O–H groups in total. The Kier molecular flexibility index (Phi) is 5.05. The molecule has 0 spiro atoms. The first-order chi connectivity index (χ1) is 13.2. The highest BCUT2D eigenvalue weighted by Crippen LogP contribution is 2.25. The molecule has 0 aliphatic heterocycles. The number of halogens is 1.